The minimum atomic E-state index is 0.0955. The van der Waals surface area contributed by atoms with E-state index < -0.39 is 0 Å². The van der Waals surface area contributed by atoms with Crippen LogP contribution in [0.25, 0.3) is 0 Å². The Labute approximate surface area is 79.2 Å². The van der Waals surface area contributed by atoms with Gasteiger partial charge < -0.3 is 11.5 Å². The van der Waals surface area contributed by atoms with E-state index in [1.165, 1.54) is 0 Å². The van der Waals surface area contributed by atoms with Crippen LogP contribution in [0.15, 0.2) is 12.3 Å². The zero-order valence-corrected chi connectivity index (χ0v) is 8.25. The zero-order valence-electron chi connectivity index (χ0n) is 8.25. The number of nitrogens with zero attached hydrogens (tertiary/aromatic N) is 1. The molecule has 0 aliphatic carbocycles. The van der Waals surface area contributed by atoms with Crippen molar-refractivity contribution in [2.75, 3.05) is 5.73 Å². The molecule has 72 valence electrons. The van der Waals surface area contributed by atoms with E-state index in [1.807, 2.05) is 13.0 Å². The second-order valence-corrected chi connectivity index (χ2v) is 3.36. The van der Waals surface area contributed by atoms with Crippen LogP contribution in [0.2, 0.25) is 0 Å². The van der Waals surface area contributed by atoms with Crippen LogP contribution in [0.1, 0.15) is 36.9 Å². The first kappa shape index (κ1) is 9.99. The van der Waals surface area contributed by atoms with Crippen LogP contribution in [-0.4, -0.2) is 4.98 Å². The molecule has 3 heteroatoms. The lowest BCUT2D eigenvalue weighted by Crippen LogP contribution is -2.12. The van der Waals surface area contributed by atoms with E-state index in [4.69, 9.17) is 11.5 Å². The van der Waals surface area contributed by atoms with Gasteiger partial charge >= 0.3 is 0 Å². The van der Waals surface area contributed by atoms with Crippen molar-refractivity contribution >= 4 is 5.82 Å². The summed E-state index contributed by atoms with van der Waals surface area (Å²) in [5.41, 5.74) is 13.8. The number of aromatic nitrogens is 1. The molecular formula is C10H17N3. The molecular weight excluding hydrogens is 162 g/mol. The minimum absolute atomic E-state index is 0.0955. The molecule has 1 atom stereocenters. The summed E-state index contributed by atoms with van der Waals surface area (Å²) >= 11 is 0. The molecule has 0 amide bonds. The largest absolute Gasteiger partial charge is 0.384 e. The molecule has 0 fully saturated rings. The highest BCUT2D eigenvalue weighted by atomic mass is 14.8. The number of nitrogen functional groups attached to an aromatic ring is 1. The van der Waals surface area contributed by atoms with Gasteiger partial charge in [0.15, 0.2) is 0 Å². The van der Waals surface area contributed by atoms with Crippen LogP contribution in [0.3, 0.4) is 0 Å². The molecule has 1 heterocycles. The second-order valence-electron chi connectivity index (χ2n) is 3.36. The van der Waals surface area contributed by atoms with E-state index in [1.54, 1.807) is 6.20 Å². The highest BCUT2D eigenvalue weighted by Gasteiger charge is 2.08. The number of rotatable bonds is 3. The van der Waals surface area contributed by atoms with Crippen LogP contribution in [-0.2, 0) is 0 Å². The van der Waals surface area contributed by atoms with Crippen LogP contribution < -0.4 is 11.5 Å². The Morgan fingerprint density at radius 2 is 2.23 bits per heavy atom. The van der Waals surface area contributed by atoms with Crippen molar-refractivity contribution in [2.24, 2.45) is 5.73 Å². The SMILES string of the molecule is CCCC(N)c1cnc(N)cc1C. The molecule has 0 bridgehead atoms. The summed E-state index contributed by atoms with van der Waals surface area (Å²) in [7, 11) is 0. The van der Waals surface area contributed by atoms with Crippen molar-refractivity contribution in [2.45, 2.75) is 32.7 Å². The molecule has 1 rings (SSSR count). The van der Waals surface area contributed by atoms with Crippen molar-refractivity contribution in [3.8, 4) is 0 Å². The molecule has 0 saturated carbocycles. The number of hydrogen-bond acceptors (Lipinski definition) is 3. The summed E-state index contributed by atoms with van der Waals surface area (Å²) in [5.74, 6) is 0.560. The van der Waals surface area contributed by atoms with Gasteiger partial charge in [-0.25, -0.2) is 4.98 Å². The predicted octanol–water partition coefficient (Wildman–Crippen LogP) is 1.77. The third kappa shape index (κ3) is 2.42. The minimum Gasteiger partial charge on any atom is -0.384 e. The maximum absolute atomic E-state index is 5.98. The Morgan fingerprint density at radius 3 is 2.77 bits per heavy atom. The quantitative estimate of drug-likeness (QED) is 0.743. The van der Waals surface area contributed by atoms with Crippen molar-refractivity contribution in [3.05, 3.63) is 23.4 Å². The summed E-state index contributed by atoms with van der Waals surface area (Å²) < 4.78 is 0. The van der Waals surface area contributed by atoms with Crippen LogP contribution in [0.4, 0.5) is 5.82 Å². The van der Waals surface area contributed by atoms with Gasteiger partial charge in [0.25, 0.3) is 0 Å². The van der Waals surface area contributed by atoms with Gasteiger partial charge in [-0.05, 0) is 30.5 Å². The molecule has 1 aromatic heterocycles. The smallest absolute Gasteiger partial charge is 0.123 e. The summed E-state index contributed by atoms with van der Waals surface area (Å²) in [5, 5.41) is 0. The lowest BCUT2D eigenvalue weighted by atomic mass is 10.0. The van der Waals surface area contributed by atoms with Crippen molar-refractivity contribution < 1.29 is 0 Å². The fourth-order valence-electron chi connectivity index (χ4n) is 1.44. The van der Waals surface area contributed by atoms with Gasteiger partial charge in [0.1, 0.15) is 5.82 Å². The predicted molar refractivity (Wildman–Crippen MR) is 55.2 cm³/mol. The first-order valence-corrected chi connectivity index (χ1v) is 4.62. The van der Waals surface area contributed by atoms with Gasteiger partial charge in [0.05, 0.1) is 0 Å². The van der Waals surface area contributed by atoms with Crippen molar-refractivity contribution in [3.63, 3.8) is 0 Å². The first-order valence-electron chi connectivity index (χ1n) is 4.62. The number of nitrogens with two attached hydrogens (primary N) is 2. The average molecular weight is 179 g/mol. The van der Waals surface area contributed by atoms with Crippen LogP contribution in [0, 0.1) is 6.92 Å². The zero-order chi connectivity index (χ0) is 9.84. The summed E-state index contributed by atoms with van der Waals surface area (Å²) in [4.78, 5) is 4.04. The second kappa shape index (κ2) is 4.23. The maximum atomic E-state index is 5.98. The van der Waals surface area contributed by atoms with Crippen molar-refractivity contribution in [1.29, 1.82) is 0 Å². The number of anilines is 1. The summed E-state index contributed by atoms with van der Waals surface area (Å²) in [6.07, 6.45) is 3.86. The van der Waals surface area contributed by atoms with Gasteiger partial charge in [0.2, 0.25) is 0 Å². The van der Waals surface area contributed by atoms with Gasteiger partial charge in [-0.15, -0.1) is 0 Å². The fraction of sp³-hybridized carbons (Fsp3) is 0.500. The molecule has 3 nitrogen and oxygen atoms in total. The number of hydrogen-bond donors (Lipinski definition) is 2. The lowest BCUT2D eigenvalue weighted by Gasteiger charge is -2.13. The molecule has 4 N–H and O–H groups in total. The number of aryl methyl sites for hydroxylation is 1. The van der Waals surface area contributed by atoms with Crippen LogP contribution in [0.5, 0.6) is 0 Å². The monoisotopic (exact) mass is 179 g/mol. The fourth-order valence-corrected chi connectivity index (χ4v) is 1.44. The Morgan fingerprint density at radius 1 is 1.54 bits per heavy atom. The summed E-state index contributed by atoms with van der Waals surface area (Å²) in [6.45, 7) is 4.14. The first-order chi connectivity index (χ1) is 6.15. The van der Waals surface area contributed by atoms with Gasteiger partial charge in [-0.1, -0.05) is 13.3 Å². The van der Waals surface area contributed by atoms with E-state index in [-0.39, 0.29) is 6.04 Å². The van der Waals surface area contributed by atoms with E-state index in [0.29, 0.717) is 5.82 Å². The molecule has 0 aliphatic heterocycles. The molecule has 0 aromatic carbocycles. The average Bonchev–Trinajstić information content (AvgIpc) is 2.04. The molecule has 0 aliphatic rings. The Balaban J connectivity index is 2.88. The number of pyridine rings is 1. The molecule has 0 radical (unpaired) electrons. The van der Waals surface area contributed by atoms with Gasteiger partial charge in [0, 0.05) is 12.2 Å². The standard InChI is InChI=1S/C10H17N3/c1-3-4-9(11)8-6-13-10(12)5-7(8)2/h5-6,9H,3-4,11H2,1-2H3,(H2,12,13). The van der Waals surface area contributed by atoms with E-state index in [9.17, 15) is 0 Å². The van der Waals surface area contributed by atoms with E-state index in [2.05, 4.69) is 11.9 Å². The van der Waals surface area contributed by atoms with Gasteiger partial charge in [-0.3, -0.25) is 0 Å². The molecule has 1 aromatic rings. The van der Waals surface area contributed by atoms with E-state index in [0.717, 1.165) is 24.0 Å². The third-order valence-corrected chi connectivity index (χ3v) is 2.17. The lowest BCUT2D eigenvalue weighted by molar-refractivity contribution is 0.633. The highest BCUT2D eigenvalue weighted by Crippen LogP contribution is 2.19. The Kier molecular flexibility index (Phi) is 3.25. The molecule has 13 heavy (non-hydrogen) atoms. The van der Waals surface area contributed by atoms with E-state index >= 15 is 0 Å². The van der Waals surface area contributed by atoms with Gasteiger partial charge in [-0.2, -0.15) is 0 Å². The van der Waals surface area contributed by atoms with Crippen molar-refractivity contribution in [1.82, 2.24) is 4.98 Å². The normalized spacial score (nSPS) is 12.8. The molecule has 0 spiro atoms. The Bertz CT molecular complexity index is 283. The maximum Gasteiger partial charge on any atom is 0.123 e. The topological polar surface area (TPSA) is 64.9 Å². The summed E-state index contributed by atoms with van der Waals surface area (Å²) in [6, 6.07) is 1.96. The molecule has 1 unspecified atom stereocenters. The Hall–Kier alpha value is -1.09. The third-order valence-electron chi connectivity index (χ3n) is 2.17. The molecule has 0 saturated heterocycles. The highest BCUT2D eigenvalue weighted by molar-refractivity contribution is 5.37. The van der Waals surface area contributed by atoms with Crippen LogP contribution >= 0.6 is 0 Å².